The van der Waals surface area contributed by atoms with E-state index in [0.29, 0.717) is 6.54 Å². The van der Waals surface area contributed by atoms with Crippen LogP contribution in [0.2, 0.25) is 0 Å². The minimum Gasteiger partial charge on any atom is -0.475 e. The minimum atomic E-state index is -1.70. The van der Waals surface area contributed by atoms with E-state index in [2.05, 4.69) is 5.32 Å². The number of nitrogens with one attached hydrogen (secondary N) is 1. The fraction of sp³-hybridized carbons (Fsp3) is 0.500. The number of carbonyl (C=O) groups is 2. The Bertz CT molecular complexity index is 482. The molecule has 0 aliphatic heterocycles. The lowest BCUT2D eigenvalue weighted by Gasteiger charge is -2.10. The number of aromatic carboxylic acids is 1. The highest BCUT2D eigenvalue weighted by molar-refractivity contribution is 7.86. The van der Waals surface area contributed by atoms with Gasteiger partial charge in [-0.05, 0) is 25.5 Å². The highest BCUT2D eigenvalue weighted by Crippen LogP contribution is 2.15. The minimum absolute atomic E-state index is 0.00413. The zero-order valence-corrected chi connectivity index (χ0v) is 11.7. The number of amides is 1. The fourth-order valence-electron chi connectivity index (χ4n) is 1.35. The molecule has 0 saturated carbocycles. The van der Waals surface area contributed by atoms with E-state index in [0.717, 1.165) is 12.8 Å². The maximum Gasteiger partial charge on any atom is 0.371 e. The van der Waals surface area contributed by atoms with Crippen LogP contribution in [0.15, 0.2) is 21.6 Å². The number of carboxylic acid groups (broad SMARTS) is 1. The molecule has 1 aromatic heterocycles. The summed E-state index contributed by atoms with van der Waals surface area (Å²) >= 11 is 0. The van der Waals surface area contributed by atoms with Gasteiger partial charge >= 0.3 is 5.97 Å². The molecule has 0 bridgehead atoms. The molecule has 6 nitrogen and oxygen atoms in total. The predicted molar refractivity (Wildman–Crippen MR) is 69.5 cm³/mol. The average molecular weight is 287 g/mol. The van der Waals surface area contributed by atoms with Crippen LogP contribution >= 0.6 is 0 Å². The number of hydrogen-bond donors (Lipinski definition) is 2. The summed E-state index contributed by atoms with van der Waals surface area (Å²) in [6.07, 6.45) is 1.81. The van der Waals surface area contributed by atoms with Crippen LogP contribution in [-0.2, 0) is 15.6 Å². The average Bonchev–Trinajstić information content (AvgIpc) is 2.86. The van der Waals surface area contributed by atoms with Gasteiger partial charge in [0.05, 0.1) is 0 Å². The van der Waals surface area contributed by atoms with Gasteiger partial charge in [0.1, 0.15) is 16.0 Å². The monoisotopic (exact) mass is 287 g/mol. The molecule has 2 N–H and O–H groups in total. The molecule has 1 rings (SSSR count). The Balaban J connectivity index is 2.65. The van der Waals surface area contributed by atoms with Gasteiger partial charge < -0.3 is 14.8 Å². The third-order valence-corrected chi connectivity index (χ3v) is 3.98. The van der Waals surface area contributed by atoms with Crippen LogP contribution in [-0.4, -0.2) is 33.0 Å². The molecule has 1 amide bonds. The van der Waals surface area contributed by atoms with Crippen LogP contribution < -0.4 is 5.32 Å². The zero-order valence-electron chi connectivity index (χ0n) is 10.8. The highest BCUT2D eigenvalue weighted by Gasteiger charge is 2.24. The molecule has 2 unspecified atom stereocenters. The van der Waals surface area contributed by atoms with E-state index >= 15 is 0 Å². The third kappa shape index (κ3) is 4.20. The number of rotatable bonds is 7. The van der Waals surface area contributed by atoms with E-state index in [9.17, 15) is 13.8 Å². The van der Waals surface area contributed by atoms with Crippen molar-refractivity contribution < 1.29 is 23.3 Å². The first-order chi connectivity index (χ1) is 8.97. The van der Waals surface area contributed by atoms with Crippen molar-refractivity contribution in [1.29, 1.82) is 0 Å². The lowest BCUT2D eigenvalue weighted by atomic mass is 10.3. The Morgan fingerprint density at radius 1 is 1.47 bits per heavy atom. The largest absolute Gasteiger partial charge is 0.475 e. The zero-order chi connectivity index (χ0) is 14.4. The molecule has 0 aliphatic rings. The number of hydrogen-bond acceptors (Lipinski definition) is 4. The Labute approximate surface area is 113 Å². The Morgan fingerprint density at radius 3 is 2.68 bits per heavy atom. The van der Waals surface area contributed by atoms with Crippen LogP contribution in [0.1, 0.15) is 37.2 Å². The van der Waals surface area contributed by atoms with Crippen molar-refractivity contribution in [2.24, 2.45) is 0 Å². The molecule has 106 valence electrons. The van der Waals surface area contributed by atoms with Crippen LogP contribution in [0, 0.1) is 0 Å². The SMILES string of the molecule is CCCCNC(=O)C(C)S(=O)c1ccc(C(=O)O)o1. The molecule has 0 spiro atoms. The quantitative estimate of drug-likeness (QED) is 0.739. The van der Waals surface area contributed by atoms with E-state index < -0.39 is 22.0 Å². The molecule has 1 heterocycles. The van der Waals surface area contributed by atoms with E-state index in [-0.39, 0.29) is 16.8 Å². The van der Waals surface area contributed by atoms with Crippen molar-refractivity contribution in [3.05, 3.63) is 17.9 Å². The van der Waals surface area contributed by atoms with Crippen LogP contribution in [0.4, 0.5) is 0 Å². The lowest BCUT2D eigenvalue weighted by molar-refractivity contribution is -0.120. The summed E-state index contributed by atoms with van der Waals surface area (Å²) in [7, 11) is -1.70. The molecule has 0 aromatic carbocycles. The van der Waals surface area contributed by atoms with Crippen molar-refractivity contribution >= 4 is 22.7 Å². The second kappa shape index (κ2) is 7.08. The molecule has 0 saturated heterocycles. The van der Waals surface area contributed by atoms with Gasteiger partial charge in [-0.25, -0.2) is 4.79 Å². The molecular formula is C12H17NO5S. The van der Waals surface area contributed by atoms with Gasteiger partial charge in [0.15, 0.2) is 5.09 Å². The van der Waals surface area contributed by atoms with Crippen LogP contribution in [0.25, 0.3) is 0 Å². The summed E-state index contributed by atoms with van der Waals surface area (Å²) in [4.78, 5) is 22.4. The Morgan fingerprint density at radius 2 is 2.16 bits per heavy atom. The van der Waals surface area contributed by atoms with Gasteiger partial charge in [0, 0.05) is 6.54 Å². The maximum absolute atomic E-state index is 12.0. The lowest BCUT2D eigenvalue weighted by Crippen LogP contribution is -2.35. The summed E-state index contributed by atoms with van der Waals surface area (Å²) < 4.78 is 16.9. The van der Waals surface area contributed by atoms with Gasteiger partial charge in [-0.3, -0.25) is 9.00 Å². The topological polar surface area (TPSA) is 96.6 Å². The Hall–Kier alpha value is -1.63. The summed E-state index contributed by atoms with van der Waals surface area (Å²) in [5, 5.41) is 10.6. The second-order valence-electron chi connectivity index (χ2n) is 4.01. The second-order valence-corrected chi connectivity index (χ2v) is 5.71. The number of carboxylic acids is 1. The highest BCUT2D eigenvalue weighted by atomic mass is 32.2. The van der Waals surface area contributed by atoms with Crippen molar-refractivity contribution in [3.8, 4) is 0 Å². The van der Waals surface area contributed by atoms with E-state index in [1.807, 2.05) is 6.92 Å². The standard InChI is InChI=1S/C12H17NO5S/c1-3-4-7-13-11(14)8(2)19(17)10-6-5-9(18-10)12(15)16/h5-6,8H,3-4,7H2,1-2H3,(H,13,14)(H,15,16). The molecule has 7 heteroatoms. The first-order valence-electron chi connectivity index (χ1n) is 5.98. The number of carbonyl (C=O) groups excluding carboxylic acids is 1. The molecule has 1 aromatic rings. The van der Waals surface area contributed by atoms with Gasteiger partial charge in [-0.2, -0.15) is 0 Å². The Kier molecular flexibility index (Phi) is 5.75. The van der Waals surface area contributed by atoms with Gasteiger partial charge in [0.2, 0.25) is 11.7 Å². The first-order valence-corrected chi connectivity index (χ1v) is 7.20. The fourth-order valence-corrected chi connectivity index (χ4v) is 2.35. The first kappa shape index (κ1) is 15.4. The van der Waals surface area contributed by atoms with Gasteiger partial charge in [-0.1, -0.05) is 13.3 Å². The number of furan rings is 1. The van der Waals surface area contributed by atoms with Crippen molar-refractivity contribution in [3.63, 3.8) is 0 Å². The van der Waals surface area contributed by atoms with Crippen LogP contribution in [0.3, 0.4) is 0 Å². The summed E-state index contributed by atoms with van der Waals surface area (Å²) in [5.41, 5.74) is 0. The molecule has 19 heavy (non-hydrogen) atoms. The van der Waals surface area contributed by atoms with E-state index in [1.165, 1.54) is 19.1 Å². The summed E-state index contributed by atoms with van der Waals surface area (Å²) in [5.74, 6) is -1.86. The summed E-state index contributed by atoms with van der Waals surface area (Å²) in [6.45, 7) is 4.06. The normalized spacial score (nSPS) is 13.8. The predicted octanol–water partition coefficient (Wildman–Crippen LogP) is 1.39. The number of unbranched alkanes of at least 4 members (excludes halogenated alkanes) is 1. The molecule has 0 aliphatic carbocycles. The van der Waals surface area contributed by atoms with Crippen molar-refractivity contribution in [2.75, 3.05) is 6.54 Å². The van der Waals surface area contributed by atoms with Crippen molar-refractivity contribution in [1.82, 2.24) is 5.32 Å². The molecule has 0 fully saturated rings. The smallest absolute Gasteiger partial charge is 0.371 e. The molecule has 2 atom stereocenters. The molecular weight excluding hydrogens is 270 g/mol. The maximum atomic E-state index is 12.0. The van der Waals surface area contributed by atoms with Gasteiger partial charge in [0.25, 0.3) is 0 Å². The van der Waals surface area contributed by atoms with E-state index in [1.54, 1.807) is 0 Å². The summed E-state index contributed by atoms with van der Waals surface area (Å²) in [6, 6.07) is 2.53. The molecule has 0 radical (unpaired) electrons. The third-order valence-electron chi connectivity index (χ3n) is 2.51. The van der Waals surface area contributed by atoms with Gasteiger partial charge in [-0.15, -0.1) is 0 Å². The van der Waals surface area contributed by atoms with Crippen molar-refractivity contribution in [2.45, 2.75) is 37.0 Å². The van der Waals surface area contributed by atoms with E-state index in [4.69, 9.17) is 9.52 Å². The van der Waals surface area contributed by atoms with Crippen LogP contribution in [0.5, 0.6) is 0 Å².